The highest BCUT2D eigenvalue weighted by atomic mass is 15.0. The van der Waals surface area contributed by atoms with Crippen molar-refractivity contribution >= 4 is 0 Å². The zero-order valence-corrected chi connectivity index (χ0v) is 18.1. The van der Waals surface area contributed by atoms with Crippen molar-refractivity contribution in [1.29, 1.82) is 0 Å². The molecule has 4 aromatic carbocycles. The largest absolute Gasteiger partial charge is 0.197 e. The first-order chi connectivity index (χ1) is 15.9. The van der Waals surface area contributed by atoms with Crippen molar-refractivity contribution in [1.82, 2.24) is 0 Å². The number of benzene rings is 4. The second kappa shape index (κ2) is 9.45. The molecule has 0 bridgehead atoms. The molecule has 0 saturated carbocycles. The van der Waals surface area contributed by atoms with Gasteiger partial charge in [0.1, 0.15) is 0 Å². The van der Waals surface area contributed by atoms with Crippen LogP contribution in [0.5, 0.6) is 0 Å². The van der Waals surface area contributed by atoms with Gasteiger partial charge in [-0.1, -0.05) is 121 Å². The third-order valence-electron chi connectivity index (χ3n) is 5.85. The van der Waals surface area contributed by atoms with Crippen LogP contribution < -0.4 is 4.57 Å². The predicted octanol–water partition coefficient (Wildman–Crippen LogP) is 6.95. The van der Waals surface area contributed by atoms with Crippen molar-refractivity contribution in [3.8, 4) is 22.3 Å². The van der Waals surface area contributed by atoms with Crippen LogP contribution in [-0.2, 0) is 13.0 Å². The van der Waals surface area contributed by atoms with Crippen LogP contribution in [0.25, 0.3) is 22.3 Å². The Hall–Kier alpha value is -3.97. The molecule has 0 radical (unpaired) electrons. The third kappa shape index (κ3) is 4.53. The summed E-state index contributed by atoms with van der Waals surface area (Å²) in [5.74, 6) is 0. The zero-order chi connectivity index (χ0) is 21.6. The molecule has 1 heteroatoms. The van der Waals surface area contributed by atoms with Gasteiger partial charge >= 0.3 is 0 Å². The zero-order valence-electron chi connectivity index (χ0n) is 18.1. The molecule has 0 atom stereocenters. The second-order valence-corrected chi connectivity index (χ2v) is 8.10. The van der Waals surface area contributed by atoms with E-state index in [9.17, 15) is 0 Å². The van der Waals surface area contributed by atoms with E-state index in [1.807, 2.05) is 0 Å². The van der Waals surface area contributed by atoms with Crippen molar-refractivity contribution in [2.24, 2.45) is 0 Å². The van der Waals surface area contributed by atoms with Gasteiger partial charge in [0.05, 0.1) is 6.42 Å². The number of nitrogens with zero attached hydrogens (tertiary/aromatic N) is 1. The molecule has 0 fully saturated rings. The first-order valence-corrected chi connectivity index (χ1v) is 11.1. The molecular weight excluding hydrogens is 386 g/mol. The lowest BCUT2D eigenvalue weighted by molar-refractivity contribution is -0.694. The molecule has 1 heterocycles. The number of aromatic nitrogens is 1. The lowest BCUT2D eigenvalue weighted by Gasteiger charge is -2.13. The molecule has 0 amide bonds. The highest BCUT2D eigenvalue weighted by Gasteiger charge is 2.21. The van der Waals surface area contributed by atoms with Gasteiger partial charge in [-0.15, -0.1) is 0 Å². The van der Waals surface area contributed by atoms with Crippen molar-refractivity contribution in [3.63, 3.8) is 0 Å². The summed E-state index contributed by atoms with van der Waals surface area (Å²) in [6, 6.07) is 45.3. The molecule has 0 aliphatic carbocycles. The van der Waals surface area contributed by atoms with Crippen LogP contribution in [0.4, 0.5) is 0 Å². The van der Waals surface area contributed by atoms with Crippen LogP contribution in [-0.4, -0.2) is 0 Å². The fraction of sp³-hybridized carbons (Fsp3) is 0.0645. The minimum absolute atomic E-state index is 0.837. The van der Waals surface area contributed by atoms with E-state index in [1.165, 1.54) is 39.1 Å². The molecule has 0 unspecified atom stereocenters. The molecule has 5 aromatic rings. The van der Waals surface area contributed by atoms with Gasteiger partial charge in [0.25, 0.3) is 0 Å². The van der Waals surface area contributed by atoms with E-state index in [2.05, 4.69) is 138 Å². The highest BCUT2D eigenvalue weighted by molar-refractivity contribution is 5.73. The number of rotatable bonds is 6. The Kier molecular flexibility index (Phi) is 5.89. The molecule has 154 valence electrons. The maximum Gasteiger partial charge on any atom is 0.193 e. The summed E-state index contributed by atoms with van der Waals surface area (Å²) < 4.78 is 2.44. The second-order valence-electron chi connectivity index (χ2n) is 8.10. The first kappa shape index (κ1) is 20.0. The summed E-state index contributed by atoms with van der Waals surface area (Å²) in [5, 5.41) is 0. The van der Waals surface area contributed by atoms with Crippen LogP contribution in [0.2, 0.25) is 0 Å². The van der Waals surface area contributed by atoms with Gasteiger partial charge in [-0.25, -0.2) is 0 Å². The van der Waals surface area contributed by atoms with Crippen molar-refractivity contribution < 1.29 is 4.57 Å². The lowest BCUT2D eigenvalue weighted by Crippen LogP contribution is -2.39. The molecule has 0 aliphatic rings. The van der Waals surface area contributed by atoms with E-state index in [0.717, 1.165) is 13.0 Å². The monoisotopic (exact) mass is 412 g/mol. The molecule has 1 aromatic heterocycles. The summed E-state index contributed by atoms with van der Waals surface area (Å²) >= 11 is 0. The first-order valence-electron chi connectivity index (χ1n) is 11.1. The van der Waals surface area contributed by atoms with Crippen LogP contribution >= 0.6 is 0 Å². The molecule has 0 aliphatic heterocycles. The van der Waals surface area contributed by atoms with Crippen LogP contribution in [0.1, 0.15) is 16.8 Å². The maximum absolute atomic E-state index is 2.44. The van der Waals surface area contributed by atoms with Gasteiger partial charge in [0.2, 0.25) is 0 Å². The molecule has 0 N–H and O–H groups in total. The van der Waals surface area contributed by atoms with Crippen molar-refractivity contribution in [2.75, 3.05) is 0 Å². The Morgan fingerprint density at radius 1 is 0.469 bits per heavy atom. The van der Waals surface area contributed by atoms with Gasteiger partial charge < -0.3 is 0 Å². The molecule has 5 rings (SSSR count). The van der Waals surface area contributed by atoms with Crippen LogP contribution in [0.3, 0.4) is 0 Å². The minimum atomic E-state index is 0.837. The molecule has 0 spiro atoms. The smallest absolute Gasteiger partial charge is 0.193 e. The Balaban J connectivity index is 1.72. The van der Waals surface area contributed by atoms with Gasteiger partial charge in [0.15, 0.2) is 18.4 Å². The highest BCUT2D eigenvalue weighted by Crippen LogP contribution is 2.29. The molecule has 1 nitrogen and oxygen atoms in total. The summed E-state index contributed by atoms with van der Waals surface area (Å²) in [6.45, 7) is 0.837. The predicted molar refractivity (Wildman–Crippen MR) is 132 cm³/mol. The van der Waals surface area contributed by atoms with Crippen LogP contribution in [0.15, 0.2) is 134 Å². The summed E-state index contributed by atoms with van der Waals surface area (Å²) in [4.78, 5) is 0. The Morgan fingerprint density at radius 2 is 0.969 bits per heavy atom. The van der Waals surface area contributed by atoms with Crippen molar-refractivity contribution in [3.05, 3.63) is 150 Å². The average Bonchev–Trinajstić information content (AvgIpc) is 2.87. The minimum Gasteiger partial charge on any atom is -0.197 e. The van der Waals surface area contributed by atoms with E-state index in [0.29, 0.717) is 0 Å². The van der Waals surface area contributed by atoms with E-state index in [1.54, 1.807) is 0 Å². The Labute approximate surface area is 190 Å². The maximum atomic E-state index is 2.44. The summed E-state index contributed by atoms with van der Waals surface area (Å²) in [7, 11) is 0. The number of pyridine rings is 1. The third-order valence-corrected chi connectivity index (χ3v) is 5.85. The number of hydrogen-bond acceptors (Lipinski definition) is 0. The topological polar surface area (TPSA) is 3.88 Å². The summed E-state index contributed by atoms with van der Waals surface area (Å²) in [6.07, 6.45) is 3.19. The molecule has 32 heavy (non-hydrogen) atoms. The fourth-order valence-corrected chi connectivity index (χ4v) is 4.24. The Morgan fingerprint density at radius 3 is 1.56 bits per heavy atom. The normalized spacial score (nSPS) is 10.8. The lowest BCUT2D eigenvalue weighted by atomic mass is 9.95. The van der Waals surface area contributed by atoms with E-state index in [4.69, 9.17) is 0 Å². The van der Waals surface area contributed by atoms with Gasteiger partial charge in [-0.05, 0) is 22.8 Å². The van der Waals surface area contributed by atoms with Gasteiger partial charge in [-0.2, -0.15) is 4.57 Å². The SMILES string of the molecule is c1ccc(Cc2c(-c3ccccc3)cc(-c3ccccc3)c[n+]2Cc2ccccc2)cc1. The van der Waals surface area contributed by atoms with Crippen molar-refractivity contribution in [2.45, 2.75) is 13.0 Å². The summed E-state index contributed by atoms with van der Waals surface area (Å²) in [5.41, 5.74) is 8.95. The van der Waals surface area contributed by atoms with Crippen LogP contribution in [0, 0.1) is 0 Å². The molecule has 0 saturated heterocycles. The van der Waals surface area contributed by atoms with E-state index >= 15 is 0 Å². The standard InChI is InChI=1S/C31H26N/c1-5-13-25(14-6-1)21-31-30(28-19-11-4-12-20-28)22-29(27-17-9-3-10-18-27)24-32(31)23-26-15-7-2-8-16-26/h1-20,22,24H,21,23H2/q+1. The Bertz CT molecular complexity index is 1280. The molecular formula is C31H26N+. The fourth-order valence-electron chi connectivity index (χ4n) is 4.24. The van der Waals surface area contributed by atoms with Gasteiger partial charge in [-0.3, -0.25) is 0 Å². The quantitative estimate of drug-likeness (QED) is 0.266. The number of hydrogen-bond donors (Lipinski definition) is 0. The van der Waals surface area contributed by atoms with E-state index < -0.39 is 0 Å². The van der Waals surface area contributed by atoms with Gasteiger partial charge in [0, 0.05) is 16.7 Å². The average molecular weight is 413 g/mol. The van der Waals surface area contributed by atoms with E-state index in [-0.39, 0.29) is 0 Å².